The number of unbranched alkanes of at least 4 members (excludes halogenated alkanes) is 5. The molecule has 0 aliphatic carbocycles. The molecule has 0 unspecified atom stereocenters. The number of ether oxygens (including phenoxy) is 1. The molecule has 0 saturated carbocycles. The number of amides is 3. The van der Waals surface area contributed by atoms with Gasteiger partial charge in [-0.3, -0.25) is 14.4 Å². The maximum absolute atomic E-state index is 14.1. The van der Waals surface area contributed by atoms with Crippen LogP contribution >= 0.6 is 11.3 Å². The van der Waals surface area contributed by atoms with Crippen LogP contribution in [0.1, 0.15) is 107 Å². The minimum Gasteiger partial charge on any atom is -0.391 e. The molecule has 366 valence electrons. The number of hydrogen-bond donors (Lipinski definition) is 3. The van der Waals surface area contributed by atoms with Crippen LogP contribution < -0.4 is 15.5 Å². The molecule has 6 aromatic rings. The Morgan fingerprint density at radius 1 is 0.913 bits per heavy atom. The number of likely N-dealkylation sites (tertiary alicyclic amines) is 1. The fourth-order valence-corrected chi connectivity index (χ4v) is 9.93. The first-order valence-corrected chi connectivity index (χ1v) is 25.0. The van der Waals surface area contributed by atoms with E-state index in [-0.39, 0.29) is 31.5 Å². The molecule has 14 nitrogen and oxygen atoms in total. The van der Waals surface area contributed by atoms with Crippen molar-refractivity contribution < 1.29 is 28.8 Å². The van der Waals surface area contributed by atoms with Crippen LogP contribution in [0.15, 0.2) is 95.5 Å². The predicted molar refractivity (Wildman–Crippen MR) is 272 cm³/mol. The lowest BCUT2D eigenvalue weighted by molar-refractivity contribution is -0.144. The minimum atomic E-state index is -0.929. The van der Waals surface area contributed by atoms with Crippen LogP contribution in [0.4, 0.5) is 11.4 Å². The zero-order valence-corrected chi connectivity index (χ0v) is 42.1. The maximum Gasteiger partial charge on any atom is 0.246 e. The number of β-amino-alcohol motifs (C(OH)–C–C–N with tert-alkyl or cyclic N) is 1. The van der Waals surface area contributed by atoms with E-state index in [2.05, 4.69) is 80.0 Å². The number of aryl methyl sites for hydroxylation is 4. The number of imidazole rings is 1. The standard InChI is InChI=1S/C54H68N8O6S/c1-35-15-16-42(49-37(3)59-68-39(49)5)29-46(35)61(44-23-21-43(22-24-44)60-27-25-55-33-60)26-13-11-9-10-12-14-28-67-32-48(64)58-51(54(6,7)8)53(66)62-31-45(63)30-47(62)52(65)57-36(2)40-17-19-41(20-18-40)50-38(4)56-34-69-50/h15-25,27,29,33-34,36,45,47,51,63H,9-14,26,28,30-32H2,1-8H3,(H,57,65)(H,58,64)/t36-,45+,47-,51+/m0/s1. The first-order valence-electron chi connectivity index (χ1n) is 24.1. The van der Waals surface area contributed by atoms with Gasteiger partial charge in [0.15, 0.2) is 0 Å². The number of hydrogen-bond acceptors (Lipinski definition) is 11. The number of anilines is 2. The van der Waals surface area contributed by atoms with E-state index >= 15 is 0 Å². The summed E-state index contributed by atoms with van der Waals surface area (Å²) in [5, 5.41) is 20.8. The summed E-state index contributed by atoms with van der Waals surface area (Å²) in [5.41, 5.74) is 11.6. The number of nitrogens with one attached hydrogen (secondary N) is 2. The summed E-state index contributed by atoms with van der Waals surface area (Å²) in [7, 11) is 0. The zero-order chi connectivity index (χ0) is 49.2. The van der Waals surface area contributed by atoms with E-state index in [0.29, 0.717) is 6.61 Å². The van der Waals surface area contributed by atoms with E-state index in [1.54, 1.807) is 23.9 Å². The van der Waals surface area contributed by atoms with Crippen LogP contribution in [0.2, 0.25) is 0 Å². The number of aliphatic hydroxyl groups is 1. The molecule has 1 aliphatic rings. The van der Waals surface area contributed by atoms with Crippen molar-refractivity contribution in [1.29, 1.82) is 0 Å². The number of rotatable bonds is 21. The van der Waals surface area contributed by atoms with Crippen LogP contribution in [0.3, 0.4) is 0 Å². The molecule has 3 N–H and O–H groups in total. The fourth-order valence-electron chi connectivity index (χ4n) is 9.12. The summed E-state index contributed by atoms with van der Waals surface area (Å²) in [6.07, 6.45) is 10.8. The molecule has 0 radical (unpaired) electrons. The molecule has 1 saturated heterocycles. The van der Waals surface area contributed by atoms with Crippen molar-refractivity contribution in [3.05, 3.63) is 119 Å². The Kier molecular flexibility index (Phi) is 16.9. The first-order chi connectivity index (χ1) is 33.1. The number of nitrogens with zero attached hydrogens (tertiary/aromatic N) is 6. The monoisotopic (exact) mass is 956 g/mol. The Hall–Kier alpha value is -6.16. The average molecular weight is 957 g/mol. The Morgan fingerprint density at radius 3 is 2.28 bits per heavy atom. The summed E-state index contributed by atoms with van der Waals surface area (Å²) in [4.78, 5) is 54.5. The second-order valence-corrected chi connectivity index (χ2v) is 20.2. The largest absolute Gasteiger partial charge is 0.391 e. The number of carbonyl (C=O) groups excluding carboxylic acids is 3. The van der Waals surface area contributed by atoms with Gasteiger partial charge in [0.1, 0.15) is 24.5 Å². The van der Waals surface area contributed by atoms with E-state index in [9.17, 15) is 19.5 Å². The van der Waals surface area contributed by atoms with Crippen LogP contribution in [-0.2, 0) is 19.1 Å². The average Bonchev–Trinajstić information content (AvgIpc) is 4.16. The third-order valence-corrected chi connectivity index (χ3v) is 14.0. The van der Waals surface area contributed by atoms with Gasteiger partial charge in [0.05, 0.1) is 40.2 Å². The molecular formula is C54H68N8O6S. The number of thiazole rings is 1. The highest BCUT2D eigenvalue weighted by Gasteiger charge is 2.44. The molecule has 4 heterocycles. The highest BCUT2D eigenvalue weighted by Crippen LogP contribution is 2.36. The van der Waals surface area contributed by atoms with E-state index in [4.69, 9.17) is 9.26 Å². The molecular weight excluding hydrogens is 889 g/mol. The molecule has 69 heavy (non-hydrogen) atoms. The van der Waals surface area contributed by atoms with Crippen LogP contribution in [-0.4, -0.2) is 91.9 Å². The van der Waals surface area contributed by atoms with Gasteiger partial charge in [0.2, 0.25) is 17.7 Å². The van der Waals surface area contributed by atoms with E-state index in [1.807, 2.05) is 89.0 Å². The van der Waals surface area contributed by atoms with Crippen molar-refractivity contribution in [3.8, 4) is 27.3 Å². The summed E-state index contributed by atoms with van der Waals surface area (Å²) in [5.74, 6) is -0.351. The van der Waals surface area contributed by atoms with Gasteiger partial charge in [-0.2, -0.15) is 0 Å². The molecule has 3 amide bonds. The van der Waals surface area contributed by atoms with E-state index < -0.39 is 35.4 Å². The normalized spacial score (nSPS) is 15.8. The van der Waals surface area contributed by atoms with Gasteiger partial charge in [-0.15, -0.1) is 11.3 Å². The molecule has 1 aliphatic heterocycles. The minimum absolute atomic E-state index is 0.00460. The molecule has 0 bridgehead atoms. The lowest BCUT2D eigenvalue weighted by Gasteiger charge is -2.35. The van der Waals surface area contributed by atoms with Crippen molar-refractivity contribution in [3.63, 3.8) is 0 Å². The summed E-state index contributed by atoms with van der Waals surface area (Å²) in [6, 6.07) is 21.0. The fraction of sp³-hybridized carbons (Fsp3) is 0.444. The first kappa shape index (κ1) is 50.7. The Balaban J connectivity index is 0.855. The van der Waals surface area contributed by atoms with E-state index in [0.717, 1.165) is 106 Å². The highest BCUT2D eigenvalue weighted by molar-refractivity contribution is 7.13. The number of carbonyl (C=O) groups is 3. The quantitative estimate of drug-likeness (QED) is 0.0591. The smallest absolute Gasteiger partial charge is 0.246 e. The Morgan fingerprint density at radius 2 is 1.62 bits per heavy atom. The predicted octanol–water partition coefficient (Wildman–Crippen LogP) is 9.75. The SMILES string of the molecule is Cc1ccc(-c2c(C)noc2C)cc1N(CCCCCCCCOCC(=O)N[C@H](C(=O)N1C[C@H](O)C[C@H]1C(=O)N[C@@H](C)c1ccc(-c2scnc2C)cc1)C(C)(C)C)c1ccc(-n2ccnc2)cc1. The van der Waals surface area contributed by atoms with Crippen LogP contribution in [0.25, 0.3) is 27.3 Å². The van der Waals surface area contributed by atoms with Crippen LogP contribution in [0, 0.1) is 33.1 Å². The maximum atomic E-state index is 14.1. The van der Waals surface area contributed by atoms with Crippen molar-refractivity contribution in [1.82, 2.24) is 35.2 Å². The van der Waals surface area contributed by atoms with Gasteiger partial charge in [-0.1, -0.05) is 88.0 Å². The third-order valence-electron chi connectivity index (χ3n) is 13.0. The van der Waals surface area contributed by atoms with Crippen molar-refractivity contribution in [2.45, 2.75) is 125 Å². The molecule has 3 aromatic heterocycles. The van der Waals surface area contributed by atoms with Gasteiger partial charge < -0.3 is 39.4 Å². The lowest BCUT2D eigenvalue weighted by Crippen LogP contribution is -2.58. The molecule has 1 fully saturated rings. The van der Waals surface area contributed by atoms with E-state index in [1.165, 1.54) is 10.5 Å². The number of aromatic nitrogens is 4. The van der Waals surface area contributed by atoms with Crippen LogP contribution in [0.5, 0.6) is 0 Å². The van der Waals surface area contributed by atoms with Gasteiger partial charge in [0.25, 0.3) is 0 Å². The van der Waals surface area contributed by atoms with Crippen molar-refractivity contribution in [2.75, 3.05) is 31.2 Å². The third kappa shape index (κ3) is 12.7. The molecule has 4 atom stereocenters. The van der Waals surface area contributed by atoms with Gasteiger partial charge >= 0.3 is 0 Å². The van der Waals surface area contributed by atoms with Crippen molar-refractivity contribution in [2.24, 2.45) is 5.41 Å². The number of aliphatic hydroxyl groups excluding tert-OH is 1. The molecule has 0 spiro atoms. The lowest BCUT2D eigenvalue weighted by atomic mass is 9.85. The van der Waals surface area contributed by atoms with Gasteiger partial charge in [0, 0.05) is 61.1 Å². The molecule has 3 aromatic carbocycles. The number of benzene rings is 3. The van der Waals surface area contributed by atoms with Crippen molar-refractivity contribution >= 4 is 40.4 Å². The van der Waals surface area contributed by atoms with Gasteiger partial charge in [-0.05, 0) is 105 Å². The Labute approximate surface area is 410 Å². The molecule has 15 heteroatoms. The Bertz CT molecular complexity index is 2620. The second kappa shape index (κ2) is 23.0. The highest BCUT2D eigenvalue weighted by atomic mass is 32.1. The summed E-state index contributed by atoms with van der Waals surface area (Å²) in [6.45, 7) is 16.7. The summed E-state index contributed by atoms with van der Waals surface area (Å²) >= 11 is 1.58. The van der Waals surface area contributed by atoms with Gasteiger partial charge in [-0.25, -0.2) is 9.97 Å². The molecule has 7 rings (SSSR count). The zero-order valence-electron chi connectivity index (χ0n) is 41.3. The second-order valence-electron chi connectivity index (χ2n) is 19.4. The topological polar surface area (TPSA) is 168 Å². The summed E-state index contributed by atoms with van der Waals surface area (Å²) < 4.78 is 13.3.